The Labute approximate surface area is 184 Å². The van der Waals surface area contributed by atoms with Gasteiger partial charge in [0.1, 0.15) is 5.60 Å². The van der Waals surface area contributed by atoms with Crippen LogP contribution in [0.1, 0.15) is 39.7 Å². The van der Waals surface area contributed by atoms with E-state index < -0.39 is 5.60 Å². The lowest BCUT2D eigenvalue weighted by Gasteiger charge is -2.23. The summed E-state index contributed by atoms with van der Waals surface area (Å²) < 4.78 is 10.6. The molecule has 1 aromatic heterocycles. The van der Waals surface area contributed by atoms with Crippen LogP contribution in [0.5, 0.6) is 5.88 Å². The second-order valence-electron chi connectivity index (χ2n) is 7.42. The fourth-order valence-electron chi connectivity index (χ4n) is 2.86. The molecule has 0 bridgehead atoms. The molecule has 158 valence electrons. The predicted molar refractivity (Wildman–Crippen MR) is 120 cm³/mol. The number of amides is 1. The molecule has 0 saturated carbocycles. The summed E-state index contributed by atoms with van der Waals surface area (Å²) in [7, 11) is 1.61. The average molecular weight is 505 g/mol. The van der Waals surface area contributed by atoms with Crippen molar-refractivity contribution in [1.29, 1.82) is 0 Å². The summed E-state index contributed by atoms with van der Waals surface area (Å²) in [6.07, 6.45) is 2.17. The monoisotopic (exact) mass is 505 g/mol. The van der Waals surface area contributed by atoms with Crippen molar-refractivity contribution >= 4 is 36.0 Å². The Hall–Kier alpha value is -1.78. The van der Waals surface area contributed by atoms with Crippen molar-refractivity contribution in [2.75, 3.05) is 26.7 Å². The van der Waals surface area contributed by atoms with Crippen LogP contribution in [-0.2, 0) is 11.3 Å². The van der Waals surface area contributed by atoms with Crippen LogP contribution in [0.2, 0.25) is 0 Å². The zero-order valence-corrected chi connectivity index (χ0v) is 19.6. The number of carbonyl (C=O) groups excluding carboxylic acids is 1. The lowest BCUT2D eigenvalue weighted by atomic mass is 10.2. The first-order chi connectivity index (χ1) is 12.8. The summed E-state index contributed by atoms with van der Waals surface area (Å²) in [5.41, 5.74) is 0.430. The highest BCUT2D eigenvalue weighted by molar-refractivity contribution is 14.0. The summed E-state index contributed by atoms with van der Waals surface area (Å²) in [6.45, 7) is 10.4. The van der Waals surface area contributed by atoms with Crippen molar-refractivity contribution in [3.63, 3.8) is 0 Å². The molecule has 0 radical (unpaired) electrons. The number of carbonyl (C=O) groups is 1. The summed E-state index contributed by atoms with van der Waals surface area (Å²) >= 11 is 0. The number of nitrogens with zero attached hydrogens (tertiary/aromatic N) is 3. The molecule has 1 atom stereocenters. The van der Waals surface area contributed by atoms with Crippen molar-refractivity contribution in [3.8, 4) is 5.88 Å². The number of guanidine groups is 1. The minimum atomic E-state index is -0.498. The molecular formula is C19H32IN5O3. The maximum Gasteiger partial charge on any atom is 0.407 e. The van der Waals surface area contributed by atoms with Crippen molar-refractivity contribution < 1.29 is 14.3 Å². The summed E-state index contributed by atoms with van der Waals surface area (Å²) in [4.78, 5) is 23.0. The molecule has 1 fully saturated rings. The third-order valence-corrected chi connectivity index (χ3v) is 3.99. The van der Waals surface area contributed by atoms with E-state index in [1.807, 2.05) is 39.8 Å². The standard InChI is InChI=1S/C19H31N5O3.HI/c1-6-20-17(22-12-14-8-7-10-21-16(14)26-5)24-11-9-15(13-24)23-18(25)27-19(2,3)4;/h7-8,10,15H,6,9,11-13H2,1-5H3,(H,20,22)(H,23,25);1H. The Morgan fingerprint density at radius 1 is 1.43 bits per heavy atom. The van der Waals surface area contributed by atoms with E-state index in [4.69, 9.17) is 14.5 Å². The summed E-state index contributed by atoms with van der Waals surface area (Å²) in [5, 5.41) is 6.25. The van der Waals surface area contributed by atoms with E-state index in [1.54, 1.807) is 13.3 Å². The second-order valence-corrected chi connectivity index (χ2v) is 7.42. The Morgan fingerprint density at radius 3 is 2.82 bits per heavy atom. The second kappa shape index (κ2) is 11.3. The van der Waals surface area contributed by atoms with Crippen LogP contribution in [0.3, 0.4) is 0 Å². The van der Waals surface area contributed by atoms with E-state index in [9.17, 15) is 4.79 Å². The van der Waals surface area contributed by atoms with E-state index in [2.05, 4.69) is 20.5 Å². The van der Waals surface area contributed by atoms with Gasteiger partial charge >= 0.3 is 6.09 Å². The molecule has 0 aliphatic carbocycles. The molecule has 1 unspecified atom stereocenters. The minimum Gasteiger partial charge on any atom is -0.481 e. The number of ether oxygens (including phenoxy) is 2. The topological polar surface area (TPSA) is 88.1 Å². The Morgan fingerprint density at radius 2 is 2.18 bits per heavy atom. The predicted octanol–water partition coefficient (Wildman–Crippen LogP) is 2.77. The summed E-state index contributed by atoms with van der Waals surface area (Å²) in [6, 6.07) is 3.86. The minimum absolute atomic E-state index is 0. The summed E-state index contributed by atoms with van der Waals surface area (Å²) in [5.74, 6) is 1.40. The number of nitrogens with one attached hydrogen (secondary N) is 2. The Balaban J connectivity index is 0.00000392. The molecule has 1 aliphatic heterocycles. The SMILES string of the molecule is CCNC(=NCc1cccnc1OC)N1CCC(NC(=O)OC(C)(C)C)C1.I. The van der Waals surface area contributed by atoms with Gasteiger partial charge in [-0.1, -0.05) is 6.07 Å². The number of aromatic nitrogens is 1. The van der Waals surface area contributed by atoms with Gasteiger partial charge in [0.25, 0.3) is 0 Å². The van der Waals surface area contributed by atoms with Crippen LogP contribution < -0.4 is 15.4 Å². The van der Waals surface area contributed by atoms with Gasteiger partial charge in [-0.2, -0.15) is 0 Å². The molecule has 1 aromatic rings. The van der Waals surface area contributed by atoms with E-state index in [-0.39, 0.29) is 36.1 Å². The molecule has 0 spiro atoms. The molecule has 2 rings (SSSR count). The van der Waals surface area contributed by atoms with Gasteiger partial charge in [0.2, 0.25) is 5.88 Å². The number of rotatable bonds is 5. The average Bonchev–Trinajstić information content (AvgIpc) is 3.05. The van der Waals surface area contributed by atoms with E-state index >= 15 is 0 Å². The lowest BCUT2D eigenvalue weighted by Crippen LogP contribution is -2.44. The van der Waals surface area contributed by atoms with Crippen molar-refractivity contribution in [1.82, 2.24) is 20.5 Å². The van der Waals surface area contributed by atoms with Crippen LogP contribution in [0.15, 0.2) is 23.3 Å². The van der Waals surface area contributed by atoms with Gasteiger partial charge in [-0.3, -0.25) is 0 Å². The number of likely N-dealkylation sites (tertiary alicyclic amines) is 1. The molecule has 1 aliphatic rings. The number of pyridine rings is 1. The molecule has 8 nitrogen and oxygen atoms in total. The first kappa shape index (κ1) is 24.3. The van der Waals surface area contributed by atoms with Crippen LogP contribution in [0, 0.1) is 0 Å². The number of alkyl carbamates (subject to hydrolysis) is 1. The van der Waals surface area contributed by atoms with E-state index in [1.165, 1.54) is 0 Å². The molecular weight excluding hydrogens is 473 g/mol. The Bertz CT molecular complexity index is 663. The molecule has 9 heteroatoms. The lowest BCUT2D eigenvalue weighted by molar-refractivity contribution is 0.0507. The van der Waals surface area contributed by atoms with E-state index in [0.717, 1.165) is 31.0 Å². The molecule has 2 N–H and O–H groups in total. The number of methoxy groups -OCH3 is 1. The highest BCUT2D eigenvalue weighted by Crippen LogP contribution is 2.16. The van der Waals surface area contributed by atoms with Crippen molar-refractivity contribution in [2.45, 2.75) is 52.3 Å². The molecule has 2 heterocycles. The normalized spacial score (nSPS) is 17.0. The number of aliphatic imine (C=N–C) groups is 1. The van der Waals surface area contributed by atoms with Crippen molar-refractivity contribution in [2.24, 2.45) is 4.99 Å². The molecule has 28 heavy (non-hydrogen) atoms. The third kappa shape index (κ3) is 7.69. The first-order valence-corrected chi connectivity index (χ1v) is 9.33. The zero-order valence-electron chi connectivity index (χ0n) is 17.3. The molecule has 0 aromatic carbocycles. The smallest absolute Gasteiger partial charge is 0.407 e. The van der Waals surface area contributed by atoms with Gasteiger partial charge in [0, 0.05) is 31.4 Å². The quantitative estimate of drug-likeness (QED) is 0.364. The van der Waals surface area contributed by atoms with Crippen LogP contribution >= 0.6 is 24.0 Å². The fourth-order valence-corrected chi connectivity index (χ4v) is 2.86. The van der Waals surface area contributed by atoms with E-state index in [0.29, 0.717) is 19.0 Å². The molecule has 1 saturated heterocycles. The number of hydrogen-bond donors (Lipinski definition) is 2. The number of hydrogen-bond acceptors (Lipinski definition) is 5. The first-order valence-electron chi connectivity index (χ1n) is 9.33. The van der Waals surface area contributed by atoms with Crippen LogP contribution in [-0.4, -0.2) is 60.3 Å². The Kier molecular flexibility index (Phi) is 9.77. The van der Waals surface area contributed by atoms with Crippen LogP contribution in [0.4, 0.5) is 4.79 Å². The van der Waals surface area contributed by atoms with Gasteiger partial charge in [0.15, 0.2) is 5.96 Å². The highest BCUT2D eigenvalue weighted by Gasteiger charge is 2.27. The largest absolute Gasteiger partial charge is 0.481 e. The van der Waals surface area contributed by atoms with Crippen molar-refractivity contribution in [3.05, 3.63) is 23.9 Å². The number of halogens is 1. The van der Waals surface area contributed by atoms with Gasteiger partial charge in [-0.05, 0) is 40.2 Å². The third-order valence-electron chi connectivity index (χ3n) is 3.99. The van der Waals surface area contributed by atoms with Gasteiger partial charge in [0.05, 0.1) is 19.7 Å². The van der Waals surface area contributed by atoms with Gasteiger partial charge < -0.3 is 25.0 Å². The maximum atomic E-state index is 12.0. The van der Waals surface area contributed by atoms with Gasteiger partial charge in [-0.15, -0.1) is 24.0 Å². The van der Waals surface area contributed by atoms with Gasteiger partial charge in [-0.25, -0.2) is 14.8 Å². The molecule has 1 amide bonds. The fraction of sp³-hybridized carbons (Fsp3) is 0.632. The highest BCUT2D eigenvalue weighted by atomic mass is 127. The zero-order chi connectivity index (χ0) is 19.9. The van der Waals surface area contributed by atoms with Crippen LogP contribution in [0.25, 0.3) is 0 Å². The maximum absolute atomic E-state index is 12.0.